The van der Waals surface area contributed by atoms with Gasteiger partial charge in [-0.05, 0) is 37.5 Å². The lowest BCUT2D eigenvalue weighted by molar-refractivity contribution is -0.0390. The molecule has 0 aliphatic carbocycles. The Labute approximate surface area is 122 Å². The first kappa shape index (κ1) is 12.6. The van der Waals surface area contributed by atoms with E-state index in [4.69, 9.17) is 9.47 Å². The summed E-state index contributed by atoms with van der Waals surface area (Å²) in [4.78, 5) is 13.3. The van der Waals surface area contributed by atoms with Crippen molar-refractivity contribution < 1.29 is 14.3 Å². The lowest BCUT2D eigenvalue weighted by Crippen LogP contribution is -2.23. The molecule has 1 amide bonds. The highest BCUT2D eigenvalue weighted by Gasteiger charge is 2.24. The van der Waals surface area contributed by atoms with E-state index in [0.717, 1.165) is 36.0 Å². The van der Waals surface area contributed by atoms with Crippen molar-refractivity contribution in [3.8, 4) is 0 Å². The largest absolute Gasteiger partial charge is 0.447 e. The number of fused-ring (bicyclic) bond motifs is 1. The smallest absolute Gasteiger partial charge is 0.414 e. The third-order valence-corrected chi connectivity index (χ3v) is 4.03. The Morgan fingerprint density at radius 1 is 1.24 bits per heavy atom. The quantitative estimate of drug-likeness (QED) is 0.852. The van der Waals surface area contributed by atoms with Crippen LogP contribution >= 0.6 is 0 Å². The second kappa shape index (κ2) is 5.04. The van der Waals surface area contributed by atoms with Gasteiger partial charge in [0.2, 0.25) is 0 Å². The number of anilines is 1. The average Bonchev–Trinajstić information content (AvgIpc) is 3.13. The van der Waals surface area contributed by atoms with E-state index in [-0.39, 0.29) is 12.3 Å². The van der Waals surface area contributed by atoms with Gasteiger partial charge >= 0.3 is 6.09 Å². The number of cyclic esters (lactones) is 1. The molecule has 0 saturated carbocycles. The molecule has 1 aromatic heterocycles. The van der Waals surface area contributed by atoms with Crippen LogP contribution < -0.4 is 4.90 Å². The summed E-state index contributed by atoms with van der Waals surface area (Å²) in [5, 5.41) is 5.60. The van der Waals surface area contributed by atoms with Crippen molar-refractivity contribution in [3.63, 3.8) is 0 Å². The van der Waals surface area contributed by atoms with Gasteiger partial charge in [0, 0.05) is 23.9 Å². The van der Waals surface area contributed by atoms with Gasteiger partial charge in [0.1, 0.15) is 12.8 Å². The molecule has 1 atom stereocenters. The average molecular weight is 287 g/mol. The van der Waals surface area contributed by atoms with Crippen LogP contribution in [0.3, 0.4) is 0 Å². The highest BCUT2D eigenvalue weighted by molar-refractivity contribution is 5.92. The van der Waals surface area contributed by atoms with Gasteiger partial charge in [0.25, 0.3) is 0 Å². The molecular formula is C15H17N3O3. The monoisotopic (exact) mass is 287 g/mol. The van der Waals surface area contributed by atoms with E-state index in [1.54, 1.807) is 4.90 Å². The van der Waals surface area contributed by atoms with Gasteiger partial charge in [-0.15, -0.1) is 0 Å². The maximum atomic E-state index is 11.6. The van der Waals surface area contributed by atoms with E-state index in [0.29, 0.717) is 13.2 Å². The van der Waals surface area contributed by atoms with E-state index >= 15 is 0 Å². The number of carbonyl (C=O) groups is 1. The maximum absolute atomic E-state index is 11.6. The zero-order valence-electron chi connectivity index (χ0n) is 11.7. The second-order valence-corrected chi connectivity index (χ2v) is 5.44. The number of rotatable bonds is 2. The summed E-state index contributed by atoms with van der Waals surface area (Å²) in [6, 6.07) is 5.83. The Balaban J connectivity index is 1.66. The summed E-state index contributed by atoms with van der Waals surface area (Å²) in [6.07, 6.45) is 5.04. The number of aromatic nitrogens is 2. The third-order valence-electron chi connectivity index (χ3n) is 4.03. The van der Waals surface area contributed by atoms with Crippen molar-refractivity contribution in [3.05, 3.63) is 24.4 Å². The van der Waals surface area contributed by atoms with Gasteiger partial charge in [-0.1, -0.05) is 0 Å². The highest BCUT2D eigenvalue weighted by Crippen LogP contribution is 2.27. The summed E-state index contributed by atoms with van der Waals surface area (Å²) in [6.45, 7) is 1.85. The Morgan fingerprint density at radius 3 is 2.95 bits per heavy atom. The first-order chi connectivity index (χ1) is 10.3. The fourth-order valence-corrected chi connectivity index (χ4v) is 2.91. The van der Waals surface area contributed by atoms with Crippen molar-refractivity contribution in [1.82, 2.24) is 9.78 Å². The van der Waals surface area contributed by atoms with E-state index in [2.05, 4.69) is 5.10 Å². The molecule has 6 heteroatoms. The van der Waals surface area contributed by atoms with Gasteiger partial charge in [-0.25, -0.2) is 9.48 Å². The molecule has 2 aliphatic heterocycles. The predicted octanol–water partition coefficient (Wildman–Crippen LogP) is 2.69. The lowest BCUT2D eigenvalue weighted by Gasteiger charge is -2.22. The fourth-order valence-electron chi connectivity index (χ4n) is 2.91. The summed E-state index contributed by atoms with van der Waals surface area (Å²) >= 11 is 0. The Morgan fingerprint density at radius 2 is 2.19 bits per heavy atom. The van der Waals surface area contributed by atoms with Crippen LogP contribution in [0, 0.1) is 0 Å². The normalized spacial score (nSPS) is 22.8. The lowest BCUT2D eigenvalue weighted by atomic mass is 10.2. The summed E-state index contributed by atoms with van der Waals surface area (Å²) in [5.41, 5.74) is 1.77. The first-order valence-corrected chi connectivity index (χ1v) is 7.36. The van der Waals surface area contributed by atoms with Crippen LogP contribution in [0.25, 0.3) is 10.9 Å². The number of nitrogens with zero attached hydrogens (tertiary/aromatic N) is 3. The molecule has 6 nitrogen and oxygen atoms in total. The van der Waals surface area contributed by atoms with Gasteiger partial charge in [-0.2, -0.15) is 5.10 Å². The minimum atomic E-state index is -0.280. The number of ether oxygens (including phenoxy) is 2. The molecule has 2 aromatic rings. The highest BCUT2D eigenvalue weighted by atomic mass is 16.6. The fraction of sp³-hybridized carbons (Fsp3) is 0.467. The molecule has 4 rings (SSSR count). The number of hydrogen-bond donors (Lipinski definition) is 0. The molecule has 0 spiro atoms. The van der Waals surface area contributed by atoms with Gasteiger partial charge < -0.3 is 9.47 Å². The zero-order valence-corrected chi connectivity index (χ0v) is 11.7. The van der Waals surface area contributed by atoms with Crippen molar-refractivity contribution >= 4 is 22.7 Å². The van der Waals surface area contributed by atoms with E-state index in [9.17, 15) is 4.79 Å². The van der Waals surface area contributed by atoms with Crippen LogP contribution in [0.15, 0.2) is 24.4 Å². The summed E-state index contributed by atoms with van der Waals surface area (Å²) in [5.74, 6) is 0. The van der Waals surface area contributed by atoms with Crippen molar-refractivity contribution in [2.45, 2.75) is 25.5 Å². The third kappa shape index (κ3) is 2.25. The number of amides is 1. The van der Waals surface area contributed by atoms with Crippen LogP contribution in [0.1, 0.15) is 25.5 Å². The van der Waals surface area contributed by atoms with E-state index < -0.39 is 0 Å². The van der Waals surface area contributed by atoms with Crippen molar-refractivity contribution in [1.29, 1.82) is 0 Å². The molecule has 0 bridgehead atoms. The van der Waals surface area contributed by atoms with Crippen molar-refractivity contribution in [2.75, 3.05) is 24.7 Å². The van der Waals surface area contributed by atoms with Crippen LogP contribution in [0.5, 0.6) is 0 Å². The SMILES string of the molecule is O=C1OCCN1c1ccc2nn(C3CCCCO3)cc2c1. The molecule has 110 valence electrons. The number of hydrogen-bond acceptors (Lipinski definition) is 4. The molecule has 3 heterocycles. The molecular weight excluding hydrogens is 270 g/mol. The van der Waals surface area contributed by atoms with Gasteiger partial charge in [-0.3, -0.25) is 4.90 Å². The summed E-state index contributed by atoms with van der Waals surface area (Å²) < 4.78 is 12.6. The van der Waals surface area contributed by atoms with Crippen LogP contribution in [-0.2, 0) is 9.47 Å². The van der Waals surface area contributed by atoms with Gasteiger partial charge in [0.05, 0.1) is 12.1 Å². The zero-order chi connectivity index (χ0) is 14.2. The number of benzene rings is 1. The molecule has 1 aromatic carbocycles. The molecule has 2 aliphatic rings. The minimum Gasteiger partial charge on any atom is -0.447 e. The minimum absolute atomic E-state index is 0.0337. The molecule has 2 fully saturated rings. The van der Waals surface area contributed by atoms with E-state index in [1.165, 1.54) is 6.42 Å². The molecule has 2 saturated heterocycles. The van der Waals surface area contributed by atoms with Crippen molar-refractivity contribution in [2.24, 2.45) is 0 Å². The van der Waals surface area contributed by atoms with Crippen LogP contribution in [-0.4, -0.2) is 35.6 Å². The van der Waals surface area contributed by atoms with Crippen LogP contribution in [0.2, 0.25) is 0 Å². The Bertz CT molecular complexity index is 676. The van der Waals surface area contributed by atoms with E-state index in [1.807, 2.05) is 29.1 Å². The molecule has 0 N–H and O–H groups in total. The molecule has 0 radical (unpaired) electrons. The van der Waals surface area contributed by atoms with Gasteiger partial charge in [0.15, 0.2) is 0 Å². The Hall–Kier alpha value is -2.08. The Kier molecular flexibility index (Phi) is 3.03. The standard InChI is InChI=1S/C15H17N3O3/c19-15-17(6-8-21-15)12-4-5-13-11(9-12)10-18(16-13)14-3-1-2-7-20-14/h4-5,9-10,14H,1-3,6-8H2. The summed E-state index contributed by atoms with van der Waals surface area (Å²) in [7, 11) is 0. The topological polar surface area (TPSA) is 56.6 Å². The number of carbonyl (C=O) groups excluding carboxylic acids is 1. The van der Waals surface area contributed by atoms with Crippen LogP contribution in [0.4, 0.5) is 10.5 Å². The second-order valence-electron chi connectivity index (χ2n) is 5.44. The first-order valence-electron chi connectivity index (χ1n) is 7.36. The molecule has 1 unspecified atom stereocenters. The molecule has 21 heavy (non-hydrogen) atoms. The maximum Gasteiger partial charge on any atom is 0.414 e. The predicted molar refractivity (Wildman–Crippen MR) is 77.3 cm³/mol.